The number of hydrogen-bond acceptors (Lipinski definition) is 2. The summed E-state index contributed by atoms with van der Waals surface area (Å²) in [5.74, 6) is 0.780. The summed E-state index contributed by atoms with van der Waals surface area (Å²) in [6.07, 6.45) is 0. The van der Waals surface area contributed by atoms with E-state index < -0.39 is 0 Å². The lowest BCUT2D eigenvalue weighted by atomic mass is 9.89. The fourth-order valence-corrected chi connectivity index (χ4v) is 11.9. The lowest BCUT2D eigenvalue weighted by Gasteiger charge is -2.31. The van der Waals surface area contributed by atoms with Gasteiger partial charge in [0.25, 0.3) is 0 Å². The molecule has 0 aliphatic heterocycles. The van der Waals surface area contributed by atoms with Crippen molar-refractivity contribution in [3.63, 3.8) is 0 Å². The van der Waals surface area contributed by atoms with Crippen molar-refractivity contribution in [1.82, 2.24) is 0 Å². The Morgan fingerprint density at radius 2 is 0.628 bits per heavy atom. The topological polar surface area (TPSA) is 6.48 Å². The van der Waals surface area contributed by atoms with Crippen LogP contribution in [-0.2, 0) is 0 Å². The molecule has 0 saturated heterocycles. The molecule has 380 valence electrons. The average Bonchev–Trinajstić information content (AvgIpc) is 3.63. The second-order valence-corrected chi connectivity index (χ2v) is 22.0. The number of nitrogens with zero attached hydrogens (tertiary/aromatic N) is 2. The van der Waals surface area contributed by atoms with E-state index >= 15 is 0 Å². The zero-order valence-electron chi connectivity index (χ0n) is 46.1. The molecule has 0 atom stereocenters. The van der Waals surface area contributed by atoms with Gasteiger partial charge in [-0.05, 0) is 176 Å². The minimum Gasteiger partial charge on any atom is -0.310 e. The van der Waals surface area contributed by atoms with Gasteiger partial charge in [0.15, 0.2) is 0 Å². The number of fused-ring (bicyclic) bond motifs is 5. The van der Waals surface area contributed by atoms with Crippen LogP contribution in [-0.4, -0.2) is 0 Å². The number of benzene rings is 12. The molecule has 0 heterocycles. The lowest BCUT2D eigenvalue weighted by Crippen LogP contribution is -2.13. The largest absolute Gasteiger partial charge is 0.310 e. The molecule has 78 heavy (non-hydrogen) atoms. The fraction of sp³-hybridized carbons (Fsp3) is 0.132. The van der Waals surface area contributed by atoms with Gasteiger partial charge in [-0.25, -0.2) is 0 Å². The Morgan fingerprint density at radius 1 is 0.256 bits per heavy atom. The van der Waals surface area contributed by atoms with Crippen LogP contribution in [0.2, 0.25) is 0 Å². The van der Waals surface area contributed by atoms with Gasteiger partial charge in [0.2, 0.25) is 0 Å². The number of anilines is 6. The molecule has 0 radical (unpaired) electrons. The minimum absolute atomic E-state index is 0.390. The van der Waals surface area contributed by atoms with Gasteiger partial charge in [-0.15, -0.1) is 0 Å². The van der Waals surface area contributed by atoms with Crippen molar-refractivity contribution in [3.8, 4) is 44.5 Å². The van der Waals surface area contributed by atoms with E-state index in [9.17, 15) is 0 Å². The Bertz CT molecular complexity index is 3930. The molecule has 12 aromatic rings. The van der Waals surface area contributed by atoms with Gasteiger partial charge >= 0.3 is 0 Å². The van der Waals surface area contributed by atoms with Crippen LogP contribution in [0.3, 0.4) is 0 Å². The molecular formula is C76H66N2. The molecule has 2 heteroatoms. The molecule has 12 rings (SSSR count). The Morgan fingerprint density at radius 3 is 1.01 bits per heavy atom. The molecule has 0 unspecified atom stereocenters. The van der Waals surface area contributed by atoms with Gasteiger partial charge in [0.1, 0.15) is 0 Å². The van der Waals surface area contributed by atoms with E-state index in [1.807, 2.05) is 0 Å². The summed E-state index contributed by atoms with van der Waals surface area (Å²) in [5.41, 5.74) is 24.1. The molecular weight excluding hydrogens is 941 g/mol. The average molecular weight is 1010 g/mol. The Balaban J connectivity index is 1.10. The highest BCUT2D eigenvalue weighted by Gasteiger charge is 2.25. The highest BCUT2D eigenvalue weighted by atomic mass is 15.2. The number of aryl methyl sites for hydroxylation is 4. The Labute approximate surface area is 461 Å². The molecule has 0 spiro atoms. The van der Waals surface area contributed by atoms with Gasteiger partial charge in [-0.3, -0.25) is 0 Å². The molecule has 0 saturated carbocycles. The van der Waals surface area contributed by atoms with Crippen LogP contribution in [0.1, 0.15) is 72.9 Å². The van der Waals surface area contributed by atoms with Crippen molar-refractivity contribution in [2.24, 2.45) is 0 Å². The van der Waals surface area contributed by atoms with Crippen molar-refractivity contribution >= 4 is 66.4 Å². The van der Waals surface area contributed by atoms with Crippen molar-refractivity contribution in [2.45, 2.75) is 67.2 Å². The summed E-state index contributed by atoms with van der Waals surface area (Å²) in [6, 6.07) is 90.9. The van der Waals surface area contributed by atoms with Crippen LogP contribution < -0.4 is 9.80 Å². The van der Waals surface area contributed by atoms with Crippen LogP contribution in [0.5, 0.6) is 0 Å². The summed E-state index contributed by atoms with van der Waals surface area (Å²) < 4.78 is 0. The first-order valence-electron chi connectivity index (χ1n) is 27.7. The number of rotatable bonds is 12. The predicted octanol–water partition coefficient (Wildman–Crippen LogP) is 22.2. The van der Waals surface area contributed by atoms with Crippen LogP contribution in [0.25, 0.3) is 76.8 Å². The molecule has 0 aromatic heterocycles. The highest BCUT2D eigenvalue weighted by Crippen LogP contribution is 2.50. The van der Waals surface area contributed by atoms with E-state index in [0.29, 0.717) is 11.8 Å². The quantitative estimate of drug-likeness (QED) is 0.113. The van der Waals surface area contributed by atoms with E-state index in [0.717, 1.165) is 34.1 Å². The summed E-state index contributed by atoms with van der Waals surface area (Å²) in [7, 11) is 0. The van der Waals surface area contributed by atoms with Gasteiger partial charge in [-0.1, -0.05) is 233 Å². The zero-order valence-corrected chi connectivity index (χ0v) is 46.1. The van der Waals surface area contributed by atoms with E-state index in [4.69, 9.17) is 0 Å². The molecule has 0 aliphatic rings. The van der Waals surface area contributed by atoms with Gasteiger partial charge in [-0.2, -0.15) is 0 Å². The highest BCUT2D eigenvalue weighted by molar-refractivity contribution is 6.24. The van der Waals surface area contributed by atoms with E-state index in [2.05, 4.69) is 308 Å². The first-order valence-corrected chi connectivity index (χ1v) is 27.7. The standard InChI is InChI=1S/C76H66N2/c1-49(2)57-35-37-63(55-21-11-9-12-22-55)69(45-57)59-25-19-27-61(43-59)77(73-39-33-51(5)41-53(73)7)75-47-71-66-30-16-18-32-68(66)76(48-72(71)65-29-15-17-31-67(65)75)78(74-40-34-52(6)42-54(74)8)62-28-20-26-60(44-62)70-46-58(50(3)4)36-38-64(70)56-23-13-10-14-24-56/h9-50H,1-8H3. The van der Waals surface area contributed by atoms with Crippen molar-refractivity contribution in [3.05, 3.63) is 276 Å². The van der Waals surface area contributed by atoms with Crippen molar-refractivity contribution < 1.29 is 0 Å². The summed E-state index contributed by atoms with van der Waals surface area (Å²) in [5, 5.41) is 7.18. The monoisotopic (exact) mass is 1010 g/mol. The smallest absolute Gasteiger partial charge is 0.0546 e. The van der Waals surface area contributed by atoms with Crippen molar-refractivity contribution in [1.29, 1.82) is 0 Å². The molecule has 0 amide bonds. The maximum Gasteiger partial charge on any atom is 0.0546 e. The van der Waals surface area contributed by atoms with Crippen LogP contribution in [0, 0.1) is 27.7 Å². The van der Waals surface area contributed by atoms with Crippen molar-refractivity contribution in [2.75, 3.05) is 9.80 Å². The third kappa shape index (κ3) is 9.32. The maximum atomic E-state index is 2.52. The molecule has 0 aliphatic carbocycles. The normalized spacial score (nSPS) is 11.6. The Kier molecular flexibility index (Phi) is 13.3. The maximum absolute atomic E-state index is 2.52. The van der Waals surface area contributed by atoms with E-state index in [-0.39, 0.29) is 0 Å². The lowest BCUT2D eigenvalue weighted by molar-refractivity contribution is 0.867. The molecule has 2 nitrogen and oxygen atoms in total. The number of hydrogen-bond donors (Lipinski definition) is 0. The third-order valence-corrected chi connectivity index (χ3v) is 15.9. The summed E-state index contributed by atoms with van der Waals surface area (Å²) in [4.78, 5) is 5.03. The SMILES string of the molecule is Cc1ccc(N(c2cccc(-c3cc(C(C)C)ccc3-c3ccccc3)c2)c2cc3c4ccccc4c(N(c4cccc(-c5cc(C(C)C)ccc5-c5ccccc5)c4)c4ccc(C)cc4C)cc3c3ccccc23)c(C)c1. The van der Waals surface area contributed by atoms with Gasteiger partial charge in [0, 0.05) is 33.5 Å². The Hall–Kier alpha value is -8.98. The van der Waals surface area contributed by atoms with Crippen LogP contribution in [0.4, 0.5) is 34.1 Å². The van der Waals surface area contributed by atoms with Crippen LogP contribution in [0.15, 0.2) is 243 Å². The second-order valence-electron chi connectivity index (χ2n) is 22.0. The first kappa shape index (κ1) is 49.9. The molecule has 0 fully saturated rings. The fourth-order valence-electron chi connectivity index (χ4n) is 11.9. The predicted molar refractivity (Wildman–Crippen MR) is 337 cm³/mol. The zero-order chi connectivity index (χ0) is 53.6. The molecule has 12 aromatic carbocycles. The molecule has 0 N–H and O–H groups in total. The summed E-state index contributed by atoms with van der Waals surface area (Å²) >= 11 is 0. The molecule has 0 bridgehead atoms. The van der Waals surface area contributed by atoms with E-state index in [1.165, 1.54) is 110 Å². The summed E-state index contributed by atoms with van der Waals surface area (Å²) in [6.45, 7) is 18.0. The van der Waals surface area contributed by atoms with Gasteiger partial charge in [0.05, 0.1) is 11.4 Å². The first-order chi connectivity index (χ1) is 38.0. The second kappa shape index (κ2) is 20.9. The van der Waals surface area contributed by atoms with Crippen LogP contribution >= 0.6 is 0 Å². The van der Waals surface area contributed by atoms with Gasteiger partial charge < -0.3 is 9.80 Å². The third-order valence-electron chi connectivity index (χ3n) is 15.9. The minimum atomic E-state index is 0.390. The van der Waals surface area contributed by atoms with E-state index in [1.54, 1.807) is 0 Å².